The minimum absolute atomic E-state index is 0.734. The Bertz CT molecular complexity index is 770. The molecule has 0 aliphatic rings. The smallest absolute Gasteiger partial charge is 0.0954 e. The second kappa shape index (κ2) is 5.71. The van der Waals surface area contributed by atoms with Crippen LogP contribution < -0.4 is 11.1 Å². The first-order valence-electron chi connectivity index (χ1n) is 5.95. The predicted octanol–water partition coefficient (Wildman–Crippen LogP) is 5.02. The molecular formula is C14H11Br2N3S. The lowest BCUT2D eigenvalue weighted by Crippen LogP contribution is -2.00. The third kappa shape index (κ3) is 2.82. The minimum Gasteiger partial charge on any atom is -0.398 e. The lowest BCUT2D eigenvalue weighted by atomic mass is 10.1. The fourth-order valence-corrected chi connectivity index (χ4v) is 3.74. The molecule has 3 aromatic rings. The first-order valence-corrected chi connectivity index (χ1v) is 8.35. The van der Waals surface area contributed by atoms with Gasteiger partial charge in [0.1, 0.15) is 0 Å². The van der Waals surface area contributed by atoms with Crippen molar-refractivity contribution >= 4 is 65.5 Å². The Morgan fingerprint density at radius 3 is 2.80 bits per heavy atom. The average molecular weight is 413 g/mol. The number of pyridine rings is 1. The molecule has 2 heterocycles. The van der Waals surface area contributed by atoms with Gasteiger partial charge in [-0.05, 0) is 62.2 Å². The summed E-state index contributed by atoms with van der Waals surface area (Å²) >= 11 is 8.62. The Hall–Kier alpha value is -1.11. The molecule has 102 valence electrons. The summed E-state index contributed by atoms with van der Waals surface area (Å²) in [7, 11) is 0. The van der Waals surface area contributed by atoms with E-state index in [4.69, 9.17) is 5.73 Å². The lowest BCUT2D eigenvalue weighted by molar-refractivity contribution is 1.19. The second-order valence-electron chi connectivity index (χ2n) is 4.31. The number of nitrogens with one attached hydrogen (secondary N) is 1. The maximum absolute atomic E-state index is 6.01. The summed E-state index contributed by atoms with van der Waals surface area (Å²) in [4.78, 5) is 5.73. The van der Waals surface area contributed by atoms with Gasteiger partial charge in [-0.3, -0.25) is 4.98 Å². The number of benzene rings is 1. The van der Waals surface area contributed by atoms with Crippen LogP contribution in [0.25, 0.3) is 10.9 Å². The molecule has 0 radical (unpaired) electrons. The van der Waals surface area contributed by atoms with E-state index < -0.39 is 0 Å². The van der Waals surface area contributed by atoms with E-state index in [1.165, 1.54) is 4.88 Å². The van der Waals surface area contributed by atoms with E-state index in [-0.39, 0.29) is 0 Å². The zero-order valence-electron chi connectivity index (χ0n) is 10.4. The number of hydrogen-bond acceptors (Lipinski definition) is 4. The van der Waals surface area contributed by atoms with E-state index in [0.717, 1.165) is 37.1 Å². The number of rotatable bonds is 3. The first-order chi connectivity index (χ1) is 9.63. The van der Waals surface area contributed by atoms with Crippen molar-refractivity contribution in [3.8, 4) is 0 Å². The fraction of sp³-hybridized carbons (Fsp3) is 0.0714. The monoisotopic (exact) mass is 411 g/mol. The molecule has 0 amide bonds. The van der Waals surface area contributed by atoms with Gasteiger partial charge in [-0.15, -0.1) is 11.3 Å². The summed E-state index contributed by atoms with van der Waals surface area (Å²) in [5.74, 6) is 0. The minimum atomic E-state index is 0.734. The number of thiophene rings is 1. The maximum Gasteiger partial charge on any atom is 0.0954 e. The van der Waals surface area contributed by atoms with Crippen LogP contribution in [0.2, 0.25) is 0 Å². The molecule has 0 bridgehead atoms. The Morgan fingerprint density at radius 2 is 2.05 bits per heavy atom. The van der Waals surface area contributed by atoms with E-state index in [0.29, 0.717) is 0 Å². The summed E-state index contributed by atoms with van der Waals surface area (Å²) in [6.45, 7) is 0.771. The molecule has 0 fully saturated rings. The topological polar surface area (TPSA) is 50.9 Å². The highest BCUT2D eigenvalue weighted by Gasteiger charge is 2.07. The second-order valence-corrected chi connectivity index (χ2v) is 7.77. The van der Waals surface area contributed by atoms with E-state index in [9.17, 15) is 0 Å². The van der Waals surface area contributed by atoms with Crippen molar-refractivity contribution in [3.05, 3.63) is 49.7 Å². The predicted molar refractivity (Wildman–Crippen MR) is 93.2 cm³/mol. The van der Waals surface area contributed by atoms with Gasteiger partial charge in [-0.25, -0.2) is 0 Å². The van der Waals surface area contributed by atoms with Crippen molar-refractivity contribution in [3.63, 3.8) is 0 Å². The summed E-state index contributed by atoms with van der Waals surface area (Å²) in [5.41, 5.74) is 8.63. The average Bonchev–Trinajstić information content (AvgIpc) is 2.84. The van der Waals surface area contributed by atoms with Crippen LogP contribution in [0.4, 0.5) is 11.4 Å². The van der Waals surface area contributed by atoms with E-state index in [1.807, 2.05) is 18.2 Å². The molecule has 0 saturated heterocycles. The van der Waals surface area contributed by atoms with Crippen molar-refractivity contribution < 1.29 is 0 Å². The van der Waals surface area contributed by atoms with Crippen molar-refractivity contribution in [2.75, 3.05) is 11.1 Å². The summed E-state index contributed by atoms with van der Waals surface area (Å²) < 4.78 is 2.06. The Labute approximate surface area is 137 Å². The van der Waals surface area contributed by atoms with Gasteiger partial charge >= 0.3 is 0 Å². The van der Waals surface area contributed by atoms with Crippen LogP contribution in [0, 0.1) is 0 Å². The molecule has 0 atom stereocenters. The molecule has 20 heavy (non-hydrogen) atoms. The van der Waals surface area contributed by atoms with Gasteiger partial charge in [0.25, 0.3) is 0 Å². The zero-order chi connectivity index (χ0) is 14.1. The Balaban J connectivity index is 1.93. The van der Waals surface area contributed by atoms with Gasteiger partial charge in [0, 0.05) is 33.2 Å². The van der Waals surface area contributed by atoms with E-state index in [1.54, 1.807) is 17.5 Å². The number of nitrogens with zero attached hydrogens (tertiary/aromatic N) is 1. The third-order valence-corrected chi connectivity index (χ3v) is 4.99. The molecule has 3 rings (SSSR count). The molecule has 1 aromatic carbocycles. The van der Waals surface area contributed by atoms with E-state index in [2.05, 4.69) is 54.3 Å². The Kier molecular flexibility index (Phi) is 3.96. The van der Waals surface area contributed by atoms with Crippen LogP contribution in [-0.4, -0.2) is 4.98 Å². The van der Waals surface area contributed by atoms with Crippen LogP contribution in [0.5, 0.6) is 0 Å². The van der Waals surface area contributed by atoms with E-state index >= 15 is 0 Å². The van der Waals surface area contributed by atoms with Crippen LogP contribution in [0.3, 0.4) is 0 Å². The summed E-state index contributed by atoms with van der Waals surface area (Å²) in [5, 5.41) is 4.38. The standard InChI is InChI=1S/C14H11Br2N3S/c15-8-5-10-11(17)2-3-12(14(10)19-6-8)18-7-9-1-4-13(16)20-9/h1-6,18H,7,17H2. The Morgan fingerprint density at radius 1 is 1.20 bits per heavy atom. The van der Waals surface area contributed by atoms with Crippen LogP contribution in [0.15, 0.2) is 44.8 Å². The number of anilines is 2. The highest BCUT2D eigenvalue weighted by Crippen LogP contribution is 2.30. The SMILES string of the molecule is Nc1ccc(NCc2ccc(Br)s2)c2ncc(Br)cc12. The van der Waals surface area contributed by atoms with Crippen LogP contribution in [0.1, 0.15) is 4.88 Å². The molecule has 3 N–H and O–H groups in total. The van der Waals surface area contributed by atoms with Crippen molar-refractivity contribution in [2.45, 2.75) is 6.54 Å². The van der Waals surface area contributed by atoms with Gasteiger partial charge in [0.2, 0.25) is 0 Å². The highest BCUT2D eigenvalue weighted by atomic mass is 79.9. The van der Waals surface area contributed by atoms with Crippen molar-refractivity contribution in [1.82, 2.24) is 4.98 Å². The first kappa shape index (κ1) is 13.9. The van der Waals surface area contributed by atoms with Gasteiger partial charge in [0.05, 0.1) is 15.0 Å². The largest absolute Gasteiger partial charge is 0.398 e. The molecule has 0 unspecified atom stereocenters. The number of halogens is 2. The fourth-order valence-electron chi connectivity index (χ4n) is 1.99. The lowest BCUT2D eigenvalue weighted by Gasteiger charge is -2.10. The molecule has 0 aliphatic heterocycles. The van der Waals surface area contributed by atoms with Gasteiger partial charge in [0.15, 0.2) is 0 Å². The number of nitrogen functional groups attached to an aromatic ring is 1. The highest BCUT2D eigenvalue weighted by molar-refractivity contribution is 9.11. The molecule has 6 heteroatoms. The molecule has 0 spiro atoms. The molecule has 2 aromatic heterocycles. The number of nitrogens with two attached hydrogens (primary N) is 1. The summed E-state index contributed by atoms with van der Waals surface area (Å²) in [6.07, 6.45) is 1.79. The van der Waals surface area contributed by atoms with Gasteiger partial charge in [-0.1, -0.05) is 0 Å². The third-order valence-electron chi connectivity index (χ3n) is 2.93. The number of aromatic nitrogens is 1. The quantitative estimate of drug-likeness (QED) is 0.594. The van der Waals surface area contributed by atoms with Crippen LogP contribution in [-0.2, 0) is 6.54 Å². The number of hydrogen-bond donors (Lipinski definition) is 2. The van der Waals surface area contributed by atoms with Crippen molar-refractivity contribution in [1.29, 1.82) is 0 Å². The van der Waals surface area contributed by atoms with Gasteiger partial charge < -0.3 is 11.1 Å². The van der Waals surface area contributed by atoms with Crippen molar-refractivity contribution in [2.24, 2.45) is 0 Å². The normalized spacial score (nSPS) is 10.9. The maximum atomic E-state index is 6.01. The zero-order valence-corrected chi connectivity index (χ0v) is 14.3. The molecule has 0 aliphatic carbocycles. The molecular weight excluding hydrogens is 402 g/mol. The summed E-state index contributed by atoms with van der Waals surface area (Å²) in [6, 6.07) is 10.0. The van der Waals surface area contributed by atoms with Gasteiger partial charge in [-0.2, -0.15) is 0 Å². The number of fused-ring (bicyclic) bond motifs is 1. The molecule has 3 nitrogen and oxygen atoms in total. The van der Waals surface area contributed by atoms with Crippen LogP contribution >= 0.6 is 43.2 Å². The molecule has 0 saturated carbocycles.